The molecule has 0 aliphatic heterocycles. The Bertz CT molecular complexity index is 617. The summed E-state index contributed by atoms with van der Waals surface area (Å²) in [7, 11) is 0. The van der Waals surface area contributed by atoms with Crippen LogP contribution in [0.5, 0.6) is 0 Å². The van der Waals surface area contributed by atoms with Crippen LogP contribution in [0.3, 0.4) is 0 Å². The zero-order chi connectivity index (χ0) is 15.5. The van der Waals surface area contributed by atoms with Crippen LogP contribution in [0.2, 0.25) is 0 Å². The van der Waals surface area contributed by atoms with E-state index in [1.807, 2.05) is 12.1 Å². The molecule has 0 saturated heterocycles. The number of nitrogens with one attached hydrogen (secondary N) is 1. The maximum Gasteiger partial charge on any atom is 0.0460 e. The Morgan fingerprint density at radius 2 is 1.38 bits per heavy atom. The van der Waals surface area contributed by atoms with Crippen molar-refractivity contribution >= 4 is 23.3 Å². The first-order valence-electron chi connectivity index (χ1n) is 7.33. The zero-order valence-electron chi connectivity index (χ0n) is 13.2. The van der Waals surface area contributed by atoms with Crippen LogP contribution in [0, 0.1) is 0 Å². The third-order valence-electron chi connectivity index (χ3n) is 3.74. The van der Waals surface area contributed by atoms with E-state index in [1.165, 1.54) is 10.9 Å². The van der Waals surface area contributed by atoms with E-state index in [0.29, 0.717) is 0 Å². The summed E-state index contributed by atoms with van der Waals surface area (Å²) < 4.78 is 0. The summed E-state index contributed by atoms with van der Waals surface area (Å²) in [6, 6.07) is 21.3. The predicted molar refractivity (Wildman–Crippen MR) is 98.1 cm³/mol. The molecule has 0 spiro atoms. The molecular formula is C18H24NPS. The first-order valence-corrected chi connectivity index (χ1v) is 10.1. The fourth-order valence-electron chi connectivity index (χ4n) is 2.38. The largest absolute Gasteiger partial charge is 0.278 e. The smallest absolute Gasteiger partial charge is 0.0460 e. The van der Waals surface area contributed by atoms with E-state index in [-0.39, 0.29) is 11.2 Å². The molecule has 0 aliphatic carbocycles. The lowest BCUT2D eigenvalue weighted by atomic mass is 10.1. The molecule has 2 aromatic carbocycles. The highest BCUT2D eigenvalue weighted by molar-refractivity contribution is 8.18. The van der Waals surface area contributed by atoms with Crippen molar-refractivity contribution in [2.24, 2.45) is 0 Å². The third-order valence-corrected chi connectivity index (χ3v) is 10.00. The average Bonchev–Trinajstić information content (AvgIpc) is 2.47. The van der Waals surface area contributed by atoms with Crippen molar-refractivity contribution in [1.82, 2.24) is 5.09 Å². The summed E-state index contributed by atoms with van der Waals surface area (Å²) in [5.41, 5.74) is 1.28. The van der Waals surface area contributed by atoms with Gasteiger partial charge in [-0.05, 0) is 17.8 Å². The van der Waals surface area contributed by atoms with E-state index < -0.39 is 6.19 Å². The van der Waals surface area contributed by atoms with Gasteiger partial charge >= 0.3 is 0 Å². The molecule has 0 radical (unpaired) electrons. The van der Waals surface area contributed by atoms with Gasteiger partial charge < -0.3 is 0 Å². The molecule has 0 unspecified atom stereocenters. The van der Waals surface area contributed by atoms with Gasteiger partial charge in [-0.25, -0.2) is 0 Å². The second kappa shape index (κ2) is 6.44. The van der Waals surface area contributed by atoms with Crippen LogP contribution in [0.4, 0.5) is 0 Å². The van der Waals surface area contributed by atoms with Gasteiger partial charge in [-0.15, -0.1) is 0 Å². The zero-order valence-corrected chi connectivity index (χ0v) is 14.9. The van der Waals surface area contributed by atoms with Crippen LogP contribution in [-0.2, 0) is 11.8 Å². The van der Waals surface area contributed by atoms with Gasteiger partial charge in [-0.3, -0.25) is 5.09 Å². The molecule has 2 atom stereocenters. The lowest BCUT2D eigenvalue weighted by Gasteiger charge is -2.38. The highest BCUT2D eigenvalue weighted by Gasteiger charge is 2.34. The molecule has 3 heteroatoms. The highest BCUT2D eigenvalue weighted by Crippen LogP contribution is 2.54. The quantitative estimate of drug-likeness (QED) is 0.809. The summed E-state index contributed by atoms with van der Waals surface area (Å²) in [4.78, 5) is 0. The second-order valence-electron chi connectivity index (χ2n) is 6.38. The summed E-state index contributed by atoms with van der Waals surface area (Å²) >= 11 is 6.18. The van der Waals surface area contributed by atoms with Crippen LogP contribution >= 0.6 is 6.19 Å². The number of rotatable bonds is 4. The summed E-state index contributed by atoms with van der Waals surface area (Å²) in [6.07, 6.45) is -1.89. The molecule has 0 aromatic heterocycles. The lowest BCUT2D eigenvalue weighted by molar-refractivity contribution is 0.703. The van der Waals surface area contributed by atoms with Gasteiger partial charge in [-0.2, -0.15) is 0 Å². The molecule has 0 amide bonds. The number of hydrogen-bond donors (Lipinski definition) is 1. The van der Waals surface area contributed by atoms with Crippen LogP contribution < -0.4 is 10.4 Å². The van der Waals surface area contributed by atoms with Gasteiger partial charge in [0, 0.05) is 17.4 Å². The van der Waals surface area contributed by atoms with Gasteiger partial charge in [0.15, 0.2) is 0 Å². The molecular weight excluding hydrogens is 293 g/mol. The van der Waals surface area contributed by atoms with Crippen molar-refractivity contribution in [2.75, 3.05) is 0 Å². The van der Waals surface area contributed by atoms with Crippen molar-refractivity contribution in [3.63, 3.8) is 0 Å². The van der Waals surface area contributed by atoms with E-state index in [2.05, 4.69) is 81.3 Å². The van der Waals surface area contributed by atoms with Crippen molar-refractivity contribution in [2.45, 2.75) is 38.9 Å². The molecule has 0 fully saturated rings. The minimum absolute atomic E-state index is 0.0345. The molecule has 1 nitrogen and oxygen atoms in total. The summed E-state index contributed by atoms with van der Waals surface area (Å²) in [5, 5.41) is 5.09. The van der Waals surface area contributed by atoms with Crippen molar-refractivity contribution in [3.8, 4) is 0 Å². The van der Waals surface area contributed by atoms with Crippen LogP contribution in [0.1, 0.15) is 39.3 Å². The van der Waals surface area contributed by atoms with Gasteiger partial charge in [0.1, 0.15) is 0 Å². The van der Waals surface area contributed by atoms with Crippen LogP contribution in [-0.4, -0.2) is 5.16 Å². The molecule has 2 rings (SSSR count). The van der Waals surface area contributed by atoms with E-state index >= 15 is 0 Å². The molecule has 112 valence electrons. The van der Waals surface area contributed by atoms with Crippen molar-refractivity contribution < 1.29 is 0 Å². The van der Waals surface area contributed by atoms with Gasteiger partial charge in [-0.1, -0.05) is 93.2 Å². The van der Waals surface area contributed by atoms with Crippen molar-refractivity contribution in [3.05, 3.63) is 66.2 Å². The topological polar surface area (TPSA) is 12.0 Å². The maximum atomic E-state index is 6.18. The molecule has 0 saturated carbocycles. The van der Waals surface area contributed by atoms with E-state index in [4.69, 9.17) is 11.8 Å². The van der Waals surface area contributed by atoms with E-state index in [0.717, 1.165) is 0 Å². The molecule has 0 aliphatic rings. The standard InChI is InChI=1S/C18H24NPS/c1-15(16-11-7-5-8-12-16)19-20(21,18(2,3)4)17-13-9-6-10-14-17/h5-15H,1-4H3,(H,19,21)/t15-,20+/m0/s1. The van der Waals surface area contributed by atoms with Gasteiger partial charge in [0.25, 0.3) is 0 Å². The van der Waals surface area contributed by atoms with E-state index in [9.17, 15) is 0 Å². The third kappa shape index (κ3) is 3.63. The molecule has 21 heavy (non-hydrogen) atoms. The monoisotopic (exact) mass is 317 g/mol. The Balaban J connectivity index is 2.37. The lowest BCUT2D eigenvalue weighted by Crippen LogP contribution is -2.33. The second-order valence-corrected chi connectivity index (χ2v) is 11.4. The fraction of sp³-hybridized carbons (Fsp3) is 0.333. The minimum atomic E-state index is -1.89. The summed E-state index contributed by atoms with van der Waals surface area (Å²) in [5.74, 6) is 0. The van der Waals surface area contributed by atoms with Gasteiger partial charge in [0.2, 0.25) is 0 Å². The minimum Gasteiger partial charge on any atom is -0.278 e. The van der Waals surface area contributed by atoms with Crippen LogP contribution in [0.25, 0.3) is 0 Å². The first-order chi connectivity index (χ1) is 9.84. The Hall–Kier alpha value is -0.950. The Morgan fingerprint density at radius 3 is 1.86 bits per heavy atom. The normalized spacial score (nSPS) is 16.2. The van der Waals surface area contributed by atoms with Crippen LogP contribution in [0.15, 0.2) is 60.7 Å². The predicted octanol–water partition coefficient (Wildman–Crippen LogP) is 4.86. The SMILES string of the molecule is C[C@H](N[P@@](=S)(c1ccccc1)C(C)(C)C)c1ccccc1. The Morgan fingerprint density at radius 1 is 0.905 bits per heavy atom. The Kier molecular flexibility index (Phi) is 5.03. The highest BCUT2D eigenvalue weighted by atomic mass is 32.4. The van der Waals surface area contributed by atoms with E-state index in [1.54, 1.807) is 0 Å². The molecule has 0 heterocycles. The average molecular weight is 317 g/mol. The molecule has 2 aromatic rings. The summed E-state index contributed by atoms with van der Waals surface area (Å²) in [6.45, 7) is 8.92. The maximum absolute atomic E-state index is 6.18. The number of hydrogen-bond acceptors (Lipinski definition) is 1. The fourth-order valence-corrected chi connectivity index (χ4v) is 5.82. The van der Waals surface area contributed by atoms with Gasteiger partial charge in [0.05, 0.1) is 0 Å². The molecule has 1 N–H and O–H groups in total. The molecule has 0 bridgehead atoms. The first kappa shape index (κ1) is 16.4. The number of benzene rings is 2. The Labute approximate surface area is 133 Å². The van der Waals surface area contributed by atoms with Crippen molar-refractivity contribution in [1.29, 1.82) is 0 Å².